The van der Waals surface area contributed by atoms with Crippen LogP contribution < -0.4 is 4.74 Å². The Labute approximate surface area is 162 Å². The van der Waals surface area contributed by atoms with E-state index < -0.39 is 17.5 Å². The summed E-state index contributed by atoms with van der Waals surface area (Å²) in [5.74, 6) is -2.61. The van der Waals surface area contributed by atoms with Crippen LogP contribution in [0.25, 0.3) is 16.7 Å². The number of hydrogen-bond donors (Lipinski definition) is 2. The normalized spacial score (nSPS) is 11.6. The maximum Gasteiger partial charge on any atom is 0.376 e. The zero-order valence-corrected chi connectivity index (χ0v) is 15.9. The Morgan fingerprint density at radius 2 is 1.75 bits per heavy atom. The molecule has 3 aromatic rings. The first-order chi connectivity index (χ1) is 13.3. The molecule has 0 aliphatic rings. The predicted molar refractivity (Wildman–Crippen MR) is 107 cm³/mol. The number of ketones is 1. The Hall–Kier alpha value is -3.54. The summed E-state index contributed by atoms with van der Waals surface area (Å²) in [7, 11) is 1.54. The summed E-state index contributed by atoms with van der Waals surface area (Å²) in [4.78, 5) is 22.3. The van der Waals surface area contributed by atoms with Gasteiger partial charge in [0, 0.05) is 35.3 Å². The van der Waals surface area contributed by atoms with E-state index in [9.17, 15) is 14.7 Å². The number of carboxylic acids is 1. The minimum atomic E-state index is -1.62. The molecule has 0 fully saturated rings. The van der Waals surface area contributed by atoms with Crippen molar-refractivity contribution in [3.05, 3.63) is 70.9 Å². The summed E-state index contributed by atoms with van der Waals surface area (Å²) in [6.45, 7) is 4.63. The lowest BCUT2D eigenvalue weighted by Crippen LogP contribution is -2.09. The molecule has 0 radical (unpaired) electrons. The van der Waals surface area contributed by atoms with Crippen molar-refractivity contribution < 1.29 is 24.5 Å². The molecule has 1 aromatic heterocycles. The minimum absolute atomic E-state index is 0.368. The maximum absolute atomic E-state index is 11.5. The third-order valence-corrected chi connectivity index (χ3v) is 4.48. The molecule has 0 spiro atoms. The Balaban J connectivity index is 2.13. The SMILES string of the molecule is COc1ccc2c(c1)c(/C(O)=C\C(=O)C(=O)O)cn2Cc1cc(C)cc(C)c1. The first-order valence-electron chi connectivity index (χ1n) is 8.71. The van der Waals surface area contributed by atoms with Crippen molar-refractivity contribution >= 4 is 28.4 Å². The van der Waals surface area contributed by atoms with Gasteiger partial charge in [0.15, 0.2) is 0 Å². The van der Waals surface area contributed by atoms with Crippen LogP contribution in [0.5, 0.6) is 5.75 Å². The lowest BCUT2D eigenvalue weighted by Gasteiger charge is -2.08. The van der Waals surface area contributed by atoms with Crippen LogP contribution in [0.2, 0.25) is 0 Å². The first-order valence-corrected chi connectivity index (χ1v) is 8.71. The van der Waals surface area contributed by atoms with Gasteiger partial charge in [-0.05, 0) is 37.6 Å². The van der Waals surface area contributed by atoms with Gasteiger partial charge in [0.1, 0.15) is 11.5 Å². The second-order valence-corrected chi connectivity index (χ2v) is 6.75. The Morgan fingerprint density at radius 1 is 1.07 bits per heavy atom. The smallest absolute Gasteiger partial charge is 0.376 e. The highest BCUT2D eigenvalue weighted by molar-refractivity contribution is 6.38. The number of hydrogen-bond acceptors (Lipinski definition) is 4. The molecule has 1 heterocycles. The summed E-state index contributed by atoms with van der Waals surface area (Å²) < 4.78 is 7.22. The molecule has 0 unspecified atom stereocenters. The van der Waals surface area contributed by atoms with Gasteiger partial charge in [-0.3, -0.25) is 4.79 Å². The van der Waals surface area contributed by atoms with Crippen molar-refractivity contribution in [1.82, 2.24) is 4.57 Å². The van der Waals surface area contributed by atoms with Crippen molar-refractivity contribution in [3.8, 4) is 5.75 Å². The number of benzene rings is 2. The number of carboxylic acid groups (broad SMARTS) is 1. The number of carbonyl (C=O) groups excluding carboxylic acids is 1. The van der Waals surface area contributed by atoms with E-state index in [0.717, 1.165) is 28.3 Å². The average Bonchev–Trinajstić information content (AvgIpc) is 2.98. The number of aromatic nitrogens is 1. The van der Waals surface area contributed by atoms with Crippen LogP contribution in [-0.2, 0) is 16.1 Å². The van der Waals surface area contributed by atoms with E-state index in [1.165, 1.54) is 7.11 Å². The number of nitrogens with zero attached hydrogens (tertiary/aromatic N) is 1. The molecule has 28 heavy (non-hydrogen) atoms. The van der Waals surface area contributed by atoms with E-state index in [-0.39, 0.29) is 0 Å². The second-order valence-electron chi connectivity index (χ2n) is 6.75. The molecule has 2 aromatic carbocycles. The Bertz CT molecular complexity index is 1090. The van der Waals surface area contributed by atoms with E-state index in [4.69, 9.17) is 9.84 Å². The van der Waals surface area contributed by atoms with Crippen LogP contribution in [0, 0.1) is 13.8 Å². The quantitative estimate of drug-likeness (QED) is 0.386. The standard InChI is InChI=1S/C22H21NO5/c1-13-6-14(2)8-15(7-13)11-23-12-18(20(24)10-21(25)22(26)27)17-9-16(28-3)4-5-19(17)23/h4-10,12,24H,11H2,1-3H3,(H,26,27)/b20-10+. The molecule has 3 rings (SSSR count). The van der Waals surface area contributed by atoms with Gasteiger partial charge in [0.2, 0.25) is 0 Å². The Morgan fingerprint density at radius 3 is 2.36 bits per heavy atom. The van der Waals surface area contributed by atoms with E-state index >= 15 is 0 Å². The highest BCUT2D eigenvalue weighted by Crippen LogP contribution is 2.30. The van der Waals surface area contributed by atoms with Crippen LogP contribution in [0.4, 0.5) is 0 Å². The number of methoxy groups -OCH3 is 1. The number of carbonyl (C=O) groups is 2. The van der Waals surface area contributed by atoms with Gasteiger partial charge in [-0.1, -0.05) is 29.3 Å². The summed E-state index contributed by atoms with van der Waals surface area (Å²) in [5.41, 5.74) is 4.61. The maximum atomic E-state index is 11.5. The van der Waals surface area contributed by atoms with Crippen LogP contribution in [-0.4, -0.2) is 33.6 Å². The summed E-state index contributed by atoms with van der Waals surface area (Å²) in [5, 5.41) is 19.8. The molecule has 2 N–H and O–H groups in total. The van der Waals surface area contributed by atoms with Crippen LogP contribution in [0.15, 0.2) is 48.7 Å². The lowest BCUT2D eigenvalue weighted by atomic mass is 10.1. The first kappa shape index (κ1) is 19.2. The van der Waals surface area contributed by atoms with Crippen molar-refractivity contribution in [2.45, 2.75) is 20.4 Å². The van der Waals surface area contributed by atoms with Gasteiger partial charge in [0.25, 0.3) is 5.78 Å². The number of fused-ring (bicyclic) bond motifs is 1. The van der Waals surface area contributed by atoms with Gasteiger partial charge < -0.3 is 19.5 Å². The molecular formula is C22H21NO5. The molecule has 0 saturated heterocycles. The van der Waals surface area contributed by atoms with E-state index in [1.54, 1.807) is 12.3 Å². The topological polar surface area (TPSA) is 88.8 Å². The third kappa shape index (κ3) is 3.91. The zero-order valence-electron chi connectivity index (χ0n) is 15.9. The van der Waals surface area contributed by atoms with Gasteiger partial charge in [-0.2, -0.15) is 0 Å². The molecule has 0 amide bonds. The van der Waals surface area contributed by atoms with Crippen LogP contribution in [0.3, 0.4) is 0 Å². The van der Waals surface area contributed by atoms with Crippen molar-refractivity contribution in [1.29, 1.82) is 0 Å². The Kier molecular flexibility index (Phi) is 5.22. The molecule has 0 aliphatic heterocycles. The fraction of sp³-hybridized carbons (Fsp3) is 0.182. The molecule has 0 atom stereocenters. The van der Waals surface area contributed by atoms with Crippen LogP contribution in [0.1, 0.15) is 22.3 Å². The third-order valence-electron chi connectivity index (χ3n) is 4.48. The predicted octanol–water partition coefficient (Wildman–Crippen LogP) is 3.87. The van der Waals surface area contributed by atoms with Crippen LogP contribution >= 0.6 is 0 Å². The lowest BCUT2D eigenvalue weighted by molar-refractivity contribution is -0.146. The second kappa shape index (κ2) is 7.60. The number of aliphatic hydroxyl groups excluding tert-OH is 1. The number of aliphatic carboxylic acids is 1. The van der Waals surface area contributed by atoms with Gasteiger partial charge in [-0.15, -0.1) is 0 Å². The molecular weight excluding hydrogens is 358 g/mol. The average molecular weight is 379 g/mol. The fourth-order valence-corrected chi connectivity index (χ4v) is 3.36. The summed E-state index contributed by atoms with van der Waals surface area (Å²) >= 11 is 0. The van der Waals surface area contributed by atoms with Gasteiger partial charge >= 0.3 is 5.97 Å². The highest BCUT2D eigenvalue weighted by atomic mass is 16.5. The molecule has 144 valence electrons. The van der Waals surface area contributed by atoms with E-state index in [2.05, 4.69) is 18.2 Å². The molecule has 0 aliphatic carbocycles. The van der Waals surface area contributed by atoms with E-state index in [0.29, 0.717) is 23.2 Å². The number of aliphatic hydroxyl groups is 1. The van der Waals surface area contributed by atoms with Crippen molar-refractivity contribution in [2.75, 3.05) is 7.11 Å². The van der Waals surface area contributed by atoms with Gasteiger partial charge in [-0.25, -0.2) is 4.79 Å². The molecule has 6 heteroatoms. The number of rotatable bonds is 6. The van der Waals surface area contributed by atoms with Gasteiger partial charge in [0.05, 0.1) is 7.11 Å². The molecule has 6 nitrogen and oxygen atoms in total. The minimum Gasteiger partial charge on any atom is -0.507 e. The monoisotopic (exact) mass is 379 g/mol. The number of ether oxygens (including phenoxy) is 1. The summed E-state index contributed by atoms with van der Waals surface area (Å²) in [6.07, 6.45) is 2.43. The number of aryl methyl sites for hydroxylation is 2. The van der Waals surface area contributed by atoms with Crippen molar-refractivity contribution in [3.63, 3.8) is 0 Å². The molecule has 0 bridgehead atoms. The van der Waals surface area contributed by atoms with Crippen molar-refractivity contribution in [2.24, 2.45) is 0 Å². The highest BCUT2D eigenvalue weighted by Gasteiger charge is 2.16. The molecule has 0 saturated carbocycles. The summed E-state index contributed by atoms with van der Waals surface area (Å²) in [6, 6.07) is 11.7. The zero-order chi connectivity index (χ0) is 20.4. The fourth-order valence-electron chi connectivity index (χ4n) is 3.36. The van der Waals surface area contributed by atoms with E-state index in [1.807, 2.05) is 30.5 Å². The largest absolute Gasteiger partial charge is 0.507 e.